The van der Waals surface area contributed by atoms with E-state index in [1.54, 1.807) is 0 Å². The largest absolute Gasteiger partial charge is 0.489 e. The minimum absolute atomic E-state index is 0.397. The maximum atomic E-state index is 6.44. The zero-order chi connectivity index (χ0) is 13.9. The second-order valence-electron chi connectivity index (χ2n) is 5.49. The first-order valence-corrected chi connectivity index (χ1v) is 8.03. The Morgan fingerprint density at radius 2 is 2.00 bits per heavy atom. The van der Waals surface area contributed by atoms with Crippen molar-refractivity contribution in [3.8, 4) is 11.5 Å². The summed E-state index contributed by atoms with van der Waals surface area (Å²) in [6.07, 6.45) is 5.55. The smallest absolute Gasteiger partial charge is 0.180 e. The first kappa shape index (κ1) is 14.0. The second kappa shape index (κ2) is 6.23. The van der Waals surface area contributed by atoms with Crippen LogP contribution < -0.4 is 14.8 Å². The van der Waals surface area contributed by atoms with E-state index >= 15 is 0 Å². The molecule has 0 amide bonds. The van der Waals surface area contributed by atoms with Crippen molar-refractivity contribution in [3.63, 3.8) is 0 Å². The van der Waals surface area contributed by atoms with Gasteiger partial charge in [-0.3, -0.25) is 0 Å². The van der Waals surface area contributed by atoms with E-state index < -0.39 is 0 Å². The highest BCUT2D eigenvalue weighted by atomic mass is 35.5. The van der Waals surface area contributed by atoms with E-state index in [0.717, 1.165) is 30.9 Å². The Morgan fingerprint density at radius 3 is 2.70 bits per heavy atom. The molecule has 1 atom stereocenters. The predicted molar refractivity (Wildman–Crippen MR) is 81.0 cm³/mol. The van der Waals surface area contributed by atoms with Crippen LogP contribution in [-0.4, -0.2) is 19.8 Å². The third-order valence-electron chi connectivity index (χ3n) is 4.15. The van der Waals surface area contributed by atoms with Crippen molar-refractivity contribution in [2.75, 3.05) is 19.8 Å². The molecule has 1 aromatic carbocycles. The molecule has 20 heavy (non-hydrogen) atoms. The van der Waals surface area contributed by atoms with E-state index in [4.69, 9.17) is 21.1 Å². The molecule has 1 fully saturated rings. The van der Waals surface area contributed by atoms with Gasteiger partial charge in [-0.05, 0) is 37.4 Å². The van der Waals surface area contributed by atoms with Gasteiger partial charge in [-0.1, -0.05) is 24.9 Å². The first-order chi connectivity index (χ1) is 9.81. The Bertz CT molecular complexity index is 484. The summed E-state index contributed by atoms with van der Waals surface area (Å²) in [7, 11) is 0. The van der Waals surface area contributed by atoms with Crippen LogP contribution in [0.2, 0.25) is 5.02 Å². The van der Waals surface area contributed by atoms with E-state index in [1.165, 1.54) is 30.4 Å². The molecule has 0 aliphatic carbocycles. The molecule has 0 spiro atoms. The van der Waals surface area contributed by atoms with Crippen LogP contribution in [0.15, 0.2) is 6.07 Å². The highest BCUT2D eigenvalue weighted by molar-refractivity contribution is 6.32. The first-order valence-electron chi connectivity index (χ1n) is 7.65. The number of fused-ring (bicyclic) bond motifs is 1. The zero-order valence-electron chi connectivity index (χ0n) is 12.0. The van der Waals surface area contributed by atoms with Crippen LogP contribution in [0.1, 0.15) is 49.8 Å². The summed E-state index contributed by atoms with van der Waals surface area (Å²) in [6.45, 7) is 4.64. The van der Waals surface area contributed by atoms with E-state index in [2.05, 4.69) is 18.3 Å². The molecule has 2 aliphatic rings. The van der Waals surface area contributed by atoms with Crippen LogP contribution in [0.3, 0.4) is 0 Å². The van der Waals surface area contributed by atoms with Crippen LogP contribution in [0.4, 0.5) is 0 Å². The molecule has 0 bridgehead atoms. The molecule has 1 N–H and O–H groups in total. The summed E-state index contributed by atoms with van der Waals surface area (Å²) in [4.78, 5) is 0. The minimum Gasteiger partial charge on any atom is -0.489 e. The fraction of sp³-hybridized carbons (Fsp3) is 0.625. The van der Waals surface area contributed by atoms with E-state index in [-0.39, 0.29) is 0 Å². The van der Waals surface area contributed by atoms with E-state index in [0.29, 0.717) is 24.3 Å². The molecule has 1 unspecified atom stereocenters. The number of hydrogen-bond donors (Lipinski definition) is 1. The molecule has 4 heteroatoms. The molecule has 0 saturated carbocycles. The Kier molecular flexibility index (Phi) is 4.37. The van der Waals surface area contributed by atoms with Crippen molar-refractivity contribution < 1.29 is 9.47 Å². The van der Waals surface area contributed by atoms with Gasteiger partial charge in [0, 0.05) is 18.0 Å². The van der Waals surface area contributed by atoms with Crippen LogP contribution in [0.5, 0.6) is 11.5 Å². The third kappa shape index (κ3) is 2.61. The molecule has 2 aliphatic heterocycles. The fourth-order valence-electron chi connectivity index (χ4n) is 3.15. The average molecular weight is 296 g/mol. The maximum Gasteiger partial charge on any atom is 0.180 e. The standard InChI is InChI=1S/C16H22ClNO2/c1-2-11-12(14-6-3-4-7-18-14)10-13(17)16-15(11)19-8-5-9-20-16/h10,14,18H,2-9H2,1H3. The molecule has 1 saturated heterocycles. The lowest BCUT2D eigenvalue weighted by Gasteiger charge is -2.27. The van der Waals surface area contributed by atoms with Gasteiger partial charge in [-0.15, -0.1) is 0 Å². The van der Waals surface area contributed by atoms with Gasteiger partial charge in [0.05, 0.1) is 18.2 Å². The van der Waals surface area contributed by atoms with Gasteiger partial charge < -0.3 is 14.8 Å². The van der Waals surface area contributed by atoms with Crippen molar-refractivity contribution in [2.45, 2.75) is 45.1 Å². The lowest BCUT2D eigenvalue weighted by molar-refractivity contribution is 0.296. The summed E-state index contributed by atoms with van der Waals surface area (Å²) in [5.41, 5.74) is 2.55. The van der Waals surface area contributed by atoms with Gasteiger partial charge in [0.1, 0.15) is 0 Å². The van der Waals surface area contributed by atoms with Crippen LogP contribution in [-0.2, 0) is 6.42 Å². The summed E-state index contributed by atoms with van der Waals surface area (Å²) >= 11 is 6.44. The van der Waals surface area contributed by atoms with E-state index in [9.17, 15) is 0 Å². The topological polar surface area (TPSA) is 30.5 Å². The predicted octanol–water partition coefficient (Wildman–Crippen LogP) is 3.88. The molecule has 0 aromatic heterocycles. The highest BCUT2D eigenvalue weighted by Crippen LogP contribution is 2.44. The third-order valence-corrected chi connectivity index (χ3v) is 4.43. The van der Waals surface area contributed by atoms with Crippen LogP contribution in [0.25, 0.3) is 0 Å². The number of rotatable bonds is 2. The summed E-state index contributed by atoms with van der Waals surface area (Å²) < 4.78 is 11.7. The normalized spacial score (nSPS) is 22.4. The Morgan fingerprint density at radius 1 is 1.20 bits per heavy atom. The zero-order valence-corrected chi connectivity index (χ0v) is 12.8. The van der Waals surface area contributed by atoms with Crippen molar-refractivity contribution in [2.24, 2.45) is 0 Å². The minimum atomic E-state index is 0.397. The van der Waals surface area contributed by atoms with Gasteiger partial charge in [-0.25, -0.2) is 0 Å². The van der Waals surface area contributed by atoms with Crippen LogP contribution in [0, 0.1) is 0 Å². The summed E-state index contributed by atoms with van der Waals surface area (Å²) in [5.74, 6) is 1.61. The molecule has 1 aromatic rings. The molecule has 2 heterocycles. The number of nitrogens with one attached hydrogen (secondary N) is 1. The van der Waals surface area contributed by atoms with Gasteiger partial charge in [0.2, 0.25) is 0 Å². The van der Waals surface area contributed by atoms with Gasteiger partial charge in [0.15, 0.2) is 11.5 Å². The number of hydrogen-bond acceptors (Lipinski definition) is 3. The van der Waals surface area contributed by atoms with Crippen molar-refractivity contribution in [3.05, 3.63) is 22.2 Å². The maximum absolute atomic E-state index is 6.44. The van der Waals surface area contributed by atoms with Crippen molar-refractivity contribution in [1.82, 2.24) is 5.32 Å². The van der Waals surface area contributed by atoms with Gasteiger partial charge >= 0.3 is 0 Å². The molecular weight excluding hydrogens is 274 g/mol. The Hall–Kier alpha value is -0.930. The molecule has 3 rings (SSSR count). The average Bonchev–Trinajstić information content (AvgIpc) is 2.74. The molecule has 0 radical (unpaired) electrons. The van der Waals surface area contributed by atoms with Crippen molar-refractivity contribution in [1.29, 1.82) is 0 Å². The number of piperidine rings is 1. The SMILES string of the molecule is CCc1c(C2CCCCN2)cc(Cl)c2c1OCCCO2. The highest BCUT2D eigenvalue weighted by Gasteiger charge is 2.25. The van der Waals surface area contributed by atoms with Gasteiger partial charge in [0.25, 0.3) is 0 Å². The Labute approximate surface area is 125 Å². The Balaban J connectivity index is 2.05. The lowest BCUT2D eigenvalue weighted by Crippen LogP contribution is -2.27. The second-order valence-corrected chi connectivity index (χ2v) is 5.90. The summed E-state index contributed by atoms with van der Waals surface area (Å²) in [5, 5.41) is 4.29. The number of ether oxygens (including phenoxy) is 2. The molecule has 110 valence electrons. The lowest BCUT2D eigenvalue weighted by atomic mass is 9.91. The summed E-state index contributed by atoms with van der Waals surface area (Å²) in [6, 6.07) is 2.48. The number of benzene rings is 1. The van der Waals surface area contributed by atoms with Crippen molar-refractivity contribution >= 4 is 11.6 Å². The van der Waals surface area contributed by atoms with Crippen LogP contribution >= 0.6 is 11.6 Å². The van der Waals surface area contributed by atoms with Gasteiger partial charge in [-0.2, -0.15) is 0 Å². The monoisotopic (exact) mass is 295 g/mol. The fourth-order valence-corrected chi connectivity index (χ4v) is 3.41. The quantitative estimate of drug-likeness (QED) is 0.898. The van der Waals surface area contributed by atoms with E-state index in [1.807, 2.05) is 0 Å². The molecule has 3 nitrogen and oxygen atoms in total. The number of halogens is 1. The molecular formula is C16H22ClNO2.